The Balaban J connectivity index is 2.28. The second kappa shape index (κ2) is 4.15. The van der Waals surface area contributed by atoms with Crippen LogP contribution in [0.3, 0.4) is 0 Å². The van der Waals surface area contributed by atoms with Crippen LogP contribution in [0, 0.1) is 13.8 Å². The number of hydrogen-bond acceptors (Lipinski definition) is 2. The lowest BCUT2D eigenvalue weighted by molar-refractivity contribution is 0.211. The van der Waals surface area contributed by atoms with Gasteiger partial charge in [0.15, 0.2) is 0 Å². The summed E-state index contributed by atoms with van der Waals surface area (Å²) in [5, 5.41) is 10.2. The quantitative estimate of drug-likeness (QED) is 0.750. The fourth-order valence-corrected chi connectivity index (χ4v) is 2.13. The summed E-state index contributed by atoms with van der Waals surface area (Å²) in [7, 11) is 0. The number of aliphatic hydroxyl groups is 1. The third kappa shape index (κ3) is 2.10. The molecule has 1 aliphatic rings. The Morgan fingerprint density at radius 2 is 2.13 bits per heavy atom. The molecule has 2 heteroatoms. The van der Waals surface area contributed by atoms with Crippen molar-refractivity contribution in [3.8, 4) is 0 Å². The first-order valence-corrected chi connectivity index (χ1v) is 5.49. The van der Waals surface area contributed by atoms with Crippen molar-refractivity contribution in [2.24, 2.45) is 0 Å². The van der Waals surface area contributed by atoms with Crippen LogP contribution in [0.15, 0.2) is 23.8 Å². The molecule has 15 heavy (non-hydrogen) atoms. The molecule has 0 radical (unpaired) electrons. The number of aromatic nitrogens is 1. The molecule has 1 heterocycles. The van der Waals surface area contributed by atoms with E-state index in [1.54, 1.807) is 0 Å². The van der Waals surface area contributed by atoms with Gasteiger partial charge >= 0.3 is 0 Å². The number of hydrogen-bond donors (Lipinski definition) is 1. The van der Waals surface area contributed by atoms with Crippen LogP contribution in [0.2, 0.25) is 0 Å². The second-order valence-corrected chi connectivity index (χ2v) is 4.20. The molecule has 0 fully saturated rings. The maximum Gasteiger partial charge on any atom is 0.102 e. The summed E-state index contributed by atoms with van der Waals surface area (Å²) >= 11 is 0. The van der Waals surface area contributed by atoms with Gasteiger partial charge in [0.1, 0.15) is 6.10 Å². The monoisotopic (exact) mass is 203 g/mol. The zero-order valence-electron chi connectivity index (χ0n) is 9.33. The van der Waals surface area contributed by atoms with Gasteiger partial charge in [0, 0.05) is 17.0 Å². The van der Waals surface area contributed by atoms with E-state index in [2.05, 4.69) is 11.1 Å². The van der Waals surface area contributed by atoms with Crippen LogP contribution in [-0.4, -0.2) is 10.1 Å². The molecule has 2 nitrogen and oxygen atoms in total. The van der Waals surface area contributed by atoms with E-state index in [1.165, 1.54) is 6.42 Å². The molecule has 0 saturated heterocycles. The highest BCUT2D eigenvalue weighted by Crippen LogP contribution is 2.31. The third-order valence-electron chi connectivity index (χ3n) is 2.99. The van der Waals surface area contributed by atoms with Gasteiger partial charge < -0.3 is 5.11 Å². The van der Waals surface area contributed by atoms with E-state index in [0.29, 0.717) is 0 Å². The van der Waals surface area contributed by atoms with Crippen LogP contribution >= 0.6 is 0 Å². The zero-order chi connectivity index (χ0) is 10.8. The first-order valence-electron chi connectivity index (χ1n) is 5.49. The fraction of sp³-hybridized carbons (Fsp3) is 0.462. The van der Waals surface area contributed by atoms with Gasteiger partial charge in [-0.05, 0) is 44.7 Å². The summed E-state index contributed by atoms with van der Waals surface area (Å²) in [6.45, 7) is 3.93. The van der Waals surface area contributed by atoms with E-state index in [1.807, 2.05) is 26.0 Å². The predicted molar refractivity (Wildman–Crippen MR) is 60.6 cm³/mol. The Morgan fingerprint density at radius 3 is 2.73 bits per heavy atom. The molecule has 1 aromatic heterocycles. The van der Waals surface area contributed by atoms with Crippen LogP contribution in [-0.2, 0) is 0 Å². The standard InChI is InChI=1S/C13H17NO/c1-9-7-8-12(10(2)14-9)13(15)11-5-3-4-6-11/h5,7-8,13,15H,3-4,6H2,1-2H3. The van der Waals surface area contributed by atoms with Gasteiger partial charge in [0.05, 0.1) is 0 Å². The lowest BCUT2D eigenvalue weighted by Crippen LogP contribution is -2.04. The van der Waals surface area contributed by atoms with E-state index >= 15 is 0 Å². The Labute approximate surface area is 90.7 Å². The minimum atomic E-state index is -0.444. The highest BCUT2D eigenvalue weighted by atomic mass is 16.3. The van der Waals surface area contributed by atoms with Gasteiger partial charge in [-0.25, -0.2) is 0 Å². The Hall–Kier alpha value is -1.15. The minimum Gasteiger partial charge on any atom is -0.384 e. The van der Waals surface area contributed by atoms with Crippen LogP contribution in [0.5, 0.6) is 0 Å². The Morgan fingerprint density at radius 1 is 1.33 bits per heavy atom. The van der Waals surface area contributed by atoms with Crippen molar-refractivity contribution in [1.29, 1.82) is 0 Å². The highest BCUT2D eigenvalue weighted by Gasteiger charge is 2.18. The van der Waals surface area contributed by atoms with Crippen molar-refractivity contribution in [3.05, 3.63) is 40.7 Å². The topological polar surface area (TPSA) is 33.1 Å². The first-order chi connectivity index (χ1) is 7.18. The van der Waals surface area contributed by atoms with Gasteiger partial charge in [0.2, 0.25) is 0 Å². The zero-order valence-corrected chi connectivity index (χ0v) is 9.33. The molecule has 0 aromatic carbocycles. The fourth-order valence-electron chi connectivity index (χ4n) is 2.13. The SMILES string of the molecule is Cc1ccc(C(O)C2=CCCC2)c(C)n1. The van der Waals surface area contributed by atoms with Crippen molar-refractivity contribution in [2.45, 2.75) is 39.2 Å². The maximum absolute atomic E-state index is 10.2. The van der Waals surface area contributed by atoms with E-state index in [4.69, 9.17) is 0 Å². The molecule has 0 bridgehead atoms. The lowest BCUT2D eigenvalue weighted by atomic mass is 10.00. The van der Waals surface area contributed by atoms with Crippen LogP contribution < -0.4 is 0 Å². The highest BCUT2D eigenvalue weighted by molar-refractivity contribution is 5.31. The normalized spacial score (nSPS) is 17.7. The molecule has 1 unspecified atom stereocenters. The van der Waals surface area contributed by atoms with Crippen molar-refractivity contribution in [3.63, 3.8) is 0 Å². The summed E-state index contributed by atoms with van der Waals surface area (Å²) < 4.78 is 0. The van der Waals surface area contributed by atoms with E-state index < -0.39 is 6.10 Å². The number of aryl methyl sites for hydroxylation is 2. The summed E-state index contributed by atoms with van der Waals surface area (Å²) in [5.41, 5.74) is 4.05. The molecule has 1 N–H and O–H groups in total. The van der Waals surface area contributed by atoms with Crippen molar-refractivity contribution in [1.82, 2.24) is 4.98 Å². The van der Waals surface area contributed by atoms with Gasteiger partial charge in [-0.1, -0.05) is 12.1 Å². The van der Waals surface area contributed by atoms with Crippen molar-refractivity contribution in [2.75, 3.05) is 0 Å². The smallest absolute Gasteiger partial charge is 0.102 e. The molecule has 80 valence electrons. The van der Waals surface area contributed by atoms with E-state index in [-0.39, 0.29) is 0 Å². The summed E-state index contributed by atoms with van der Waals surface area (Å²) in [5.74, 6) is 0. The molecule has 0 aliphatic heterocycles. The van der Waals surface area contributed by atoms with Gasteiger partial charge in [-0.2, -0.15) is 0 Å². The van der Waals surface area contributed by atoms with Crippen LogP contribution in [0.25, 0.3) is 0 Å². The molecule has 0 saturated carbocycles. The molecular formula is C13H17NO. The van der Waals surface area contributed by atoms with E-state index in [0.717, 1.165) is 35.4 Å². The summed E-state index contributed by atoms with van der Waals surface area (Å²) in [6.07, 6.45) is 5.01. The third-order valence-corrected chi connectivity index (χ3v) is 2.99. The lowest BCUT2D eigenvalue weighted by Gasteiger charge is -2.14. The van der Waals surface area contributed by atoms with Crippen molar-refractivity contribution < 1.29 is 5.11 Å². The van der Waals surface area contributed by atoms with Crippen LogP contribution in [0.1, 0.15) is 42.3 Å². The van der Waals surface area contributed by atoms with E-state index in [9.17, 15) is 5.11 Å². The molecule has 1 aliphatic carbocycles. The average molecular weight is 203 g/mol. The summed E-state index contributed by atoms with van der Waals surface area (Å²) in [6, 6.07) is 3.95. The minimum absolute atomic E-state index is 0.444. The van der Waals surface area contributed by atoms with Gasteiger partial charge in [0.25, 0.3) is 0 Å². The van der Waals surface area contributed by atoms with Gasteiger partial charge in [-0.3, -0.25) is 4.98 Å². The molecule has 2 rings (SSSR count). The number of nitrogens with zero attached hydrogens (tertiary/aromatic N) is 1. The predicted octanol–water partition coefficient (Wildman–Crippen LogP) is 2.84. The second-order valence-electron chi connectivity index (χ2n) is 4.20. The first kappa shape index (κ1) is 10.4. The average Bonchev–Trinajstić information content (AvgIpc) is 2.69. The summed E-state index contributed by atoms with van der Waals surface area (Å²) in [4.78, 5) is 4.38. The number of aliphatic hydroxyl groups excluding tert-OH is 1. The van der Waals surface area contributed by atoms with Gasteiger partial charge in [-0.15, -0.1) is 0 Å². The van der Waals surface area contributed by atoms with Crippen molar-refractivity contribution >= 4 is 0 Å². The Kier molecular flexibility index (Phi) is 2.87. The molecular weight excluding hydrogens is 186 g/mol. The molecule has 1 aromatic rings. The number of pyridine rings is 1. The largest absolute Gasteiger partial charge is 0.384 e. The van der Waals surface area contributed by atoms with Crippen LogP contribution in [0.4, 0.5) is 0 Å². The molecule has 1 atom stereocenters. The number of allylic oxidation sites excluding steroid dienone is 1. The molecule has 0 amide bonds. The number of rotatable bonds is 2. The Bertz CT molecular complexity index is 396. The molecule has 0 spiro atoms. The maximum atomic E-state index is 10.2.